The minimum absolute atomic E-state index is 0.164. The second kappa shape index (κ2) is 13.0. The number of aromatic nitrogens is 3. The van der Waals surface area contributed by atoms with Crippen LogP contribution in [0.3, 0.4) is 0 Å². The molecule has 2 aliphatic carbocycles. The Balaban J connectivity index is 0.000000342. The van der Waals surface area contributed by atoms with E-state index in [9.17, 15) is 15.0 Å². The Morgan fingerprint density at radius 1 is 1.13 bits per heavy atom. The third kappa shape index (κ3) is 6.29. The first-order valence-electron chi connectivity index (χ1n) is 15.9. The molecule has 3 aliphatic rings. The minimum Gasteiger partial charge on any atom is -0.481 e. The zero-order valence-corrected chi connectivity index (χ0v) is 27.2. The summed E-state index contributed by atoms with van der Waals surface area (Å²) >= 11 is 0. The van der Waals surface area contributed by atoms with E-state index in [2.05, 4.69) is 37.8 Å². The highest BCUT2D eigenvalue weighted by molar-refractivity contribution is 6.19. The fraction of sp³-hybridized carbons (Fsp3) is 0.405. The number of nitrogens with one attached hydrogen (secondary N) is 1. The number of hydrogen-bond acceptors (Lipinski definition) is 6. The lowest BCUT2D eigenvalue weighted by molar-refractivity contribution is -0.151. The maximum absolute atomic E-state index is 11.2. The molecule has 2 aromatic heterocycles. The third-order valence-electron chi connectivity index (χ3n) is 9.32. The van der Waals surface area contributed by atoms with Gasteiger partial charge in [-0.25, -0.2) is 9.67 Å². The summed E-state index contributed by atoms with van der Waals surface area (Å²) in [5.74, 6) is 0.373. The van der Waals surface area contributed by atoms with Gasteiger partial charge in [-0.1, -0.05) is 69.3 Å². The number of hydrogen-bond donors (Lipinski definition) is 3. The molecule has 0 amide bonds. The van der Waals surface area contributed by atoms with Gasteiger partial charge in [-0.05, 0) is 69.7 Å². The van der Waals surface area contributed by atoms with Gasteiger partial charge in [0.1, 0.15) is 5.82 Å². The number of aliphatic hydroxyl groups is 1. The topological polar surface area (TPSA) is 115 Å². The Bertz CT molecular complexity index is 1670. The number of allylic oxidation sites excluding steroid dienone is 6. The van der Waals surface area contributed by atoms with Crippen LogP contribution in [0.2, 0.25) is 0 Å². The largest absolute Gasteiger partial charge is 0.481 e. The van der Waals surface area contributed by atoms with Crippen LogP contribution < -0.4 is 4.90 Å². The predicted octanol–water partition coefficient (Wildman–Crippen LogP) is 7.36. The van der Waals surface area contributed by atoms with Gasteiger partial charge in [0.25, 0.3) is 0 Å². The van der Waals surface area contributed by atoms with Crippen LogP contribution >= 0.6 is 0 Å². The number of aliphatic hydroxyl groups excluding tert-OH is 1. The lowest BCUT2D eigenvalue weighted by Crippen LogP contribution is -2.63. The summed E-state index contributed by atoms with van der Waals surface area (Å²) in [7, 11) is 0. The maximum atomic E-state index is 11.2. The van der Waals surface area contributed by atoms with E-state index in [1.54, 1.807) is 0 Å². The van der Waals surface area contributed by atoms with Crippen molar-refractivity contribution in [3.05, 3.63) is 101 Å². The van der Waals surface area contributed by atoms with Crippen LogP contribution in [0.1, 0.15) is 87.2 Å². The van der Waals surface area contributed by atoms with Crippen LogP contribution in [0.25, 0.3) is 11.3 Å². The van der Waals surface area contributed by atoms with Crippen molar-refractivity contribution in [3.8, 4) is 5.69 Å². The first-order chi connectivity index (χ1) is 21.5. The minimum atomic E-state index is -0.666. The molecule has 1 unspecified atom stereocenters. The van der Waals surface area contributed by atoms with Gasteiger partial charge in [0, 0.05) is 40.9 Å². The molecule has 3 aromatic rings. The fourth-order valence-electron chi connectivity index (χ4n) is 6.92. The summed E-state index contributed by atoms with van der Waals surface area (Å²) in [6.45, 7) is 14.2. The van der Waals surface area contributed by atoms with Crippen molar-refractivity contribution < 1.29 is 15.0 Å². The van der Waals surface area contributed by atoms with E-state index in [-0.39, 0.29) is 23.4 Å². The summed E-state index contributed by atoms with van der Waals surface area (Å²) in [4.78, 5) is 18.3. The first-order valence-corrected chi connectivity index (χ1v) is 15.9. The number of benzene rings is 1. The molecule has 2 fully saturated rings. The SMILES string of the molecule is C/C=C1\C(=N)C=CC=C1c1nn(-c2ccc(N3CC4(CC(C(=O)O)C4)C3)nc2C)c(C)c1C(C)C.CCC(O)c1ccccc1. The van der Waals surface area contributed by atoms with Crippen molar-refractivity contribution in [1.82, 2.24) is 14.8 Å². The van der Waals surface area contributed by atoms with Gasteiger partial charge >= 0.3 is 5.97 Å². The maximum Gasteiger partial charge on any atom is 0.306 e. The quantitative estimate of drug-likeness (QED) is 0.259. The number of carbonyl (C=O) groups is 1. The van der Waals surface area contributed by atoms with E-state index in [0.717, 1.165) is 77.6 Å². The molecule has 0 radical (unpaired) electrons. The second-order valence-corrected chi connectivity index (χ2v) is 12.9. The normalized spacial score (nSPS) is 18.8. The number of nitrogens with zero attached hydrogens (tertiary/aromatic N) is 4. The van der Waals surface area contributed by atoms with Gasteiger partial charge in [0.15, 0.2) is 0 Å². The van der Waals surface area contributed by atoms with Gasteiger partial charge in [-0.15, -0.1) is 0 Å². The van der Waals surface area contributed by atoms with E-state index < -0.39 is 5.97 Å². The molecule has 1 spiro atoms. The number of carboxylic acids is 1. The lowest BCUT2D eigenvalue weighted by atomic mass is 9.58. The molecule has 8 nitrogen and oxygen atoms in total. The van der Waals surface area contributed by atoms with Crippen molar-refractivity contribution in [2.45, 2.75) is 72.8 Å². The number of carboxylic acid groups (broad SMARTS) is 1. The monoisotopic (exact) mass is 607 g/mol. The summed E-state index contributed by atoms with van der Waals surface area (Å²) in [5.41, 5.74) is 8.61. The standard InChI is InChI=1S/C28H33N5O2.C9H12O/c1-6-20-21(8-7-9-22(20)29)26-25(16(2)3)18(5)33(31-26)23-10-11-24(30-17(23)4)32-14-28(15-32)12-19(13-28)27(34)35;1-2-9(10)8-6-4-3-5-7-8/h6-11,16,19,29H,12-15H2,1-5H3,(H,34,35);3-7,9-10H,2H2,1H3/b20-6-,29-22?;. The average Bonchev–Trinajstić information content (AvgIpc) is 3.32. The molecule has 1 saturated heterocycles. The number of anilines is 1. The van der Waals surface area contributed by atoms with Gasteiger partial charge < -0.3 is 20.5 Å². The van der Waals surface area contributed by atoms with Crippen LogP contribution in [0, 0.1) is 30.6 Å². The van der Waals surface area contributed by atoms with Crippen LogP contribution in [0.15, 0.2) is 72.3 Å². The molecule has 236 valence electrons. The van der Waals surface area contributed by atoms with Crippen LogP contribution in [-0.4, -0.2) is 49.7 Å². The molecule has 0 bridgehead atoms. The van der Waals surface area contributed by atoms with E-state index in [1.807, 2.05) is 80.1 Å². The van der Waals surface area contributed by atoms with Crippen LogP contribution in [-0.2, 0) is 4.79 Å². The fourth-order valence-corrected chi connectivity index (χ4v) is 6.92. The highest BCUT2D eigenvalue weighted by Gasteiger charge is 2.54. The number of aliphatic carboxylic acids is 1. The third-order valence-corrected chi connectivity index (χ3v) is 9.32. The van der Waals surface area contributed by atoms with Crippen molar-refractivity contribution in [1.29, 1.82) is 5.41 Å². The predicted molar refractivity (Wildman–Crippen MR) is 180 cm³/mol. The van der Waals surface area contributed by atoms with E-state index in [1.165, 1.54) is 5.56 Å². The molecule has 1 aliphatic heterocycles. The summed E-state index contributed by atoms with van der Waals surface area (Å²) in [6.07, 6.45) is 9.82. The number of rotatable bonds is 7. The molecule has 1 atom stereocenters. The number of pyridine rings is 1. The lowest BCUT2D eigenvalue weighted by Gasteiger charge is -2.58. The van der Waals surface area contributed by atoms with E-state index in [0.29, 0.717) is 5.71 Å². The molecular formula is C37H45N5O3. The van der Waals surface area contributed by atoms with Crippen LogP contribution in [0.4, 0.5) is 5.82 Å². The number of aryl methyl sites for hydroxylation is 1. The van der Waals surface area contributed by atoms with Crippen molar-refractivity contribution in [2.24, 2.45) is 11.3 Å². The Kier molecular flexibility index (Phi) is 9.26. The zero-order valence-electron chi connectivity index (χ0n) is 27.2. The molecule has 8 heteroatoms. The molecule has 3 N–H and O–H groups in total. The highest BCUT2D eigenvalue weighted by atomic mass is 16.4. The molecule has 1 aromatic carbocycles. The summed E-state index contributed by atoms with van der Waals surface area (Å²) in [5, 5.41) is 31.9. The Morgan fingerprint density at radius 3 is 2.40 bits per heavy atom. The molecule has 45 heavy (non-hydrogen) atoms. The zero-order chi connectivity index (χ0) is 32.5. The molecule has 3 heterocycles. The molecule has 6 rings (SSSR count). The van der Waals surface area contributed by atoms with E-state index in [4.69, 9.17) is 15.5 Å². The Hall–Kier alpha value is -4.30. The van der Waals surface area contributed by atoms with Gasteiger partial charge in [-0.2, -0.15) is 5.10 Å². The second-order valence-electron chi connectivity index (χ2n) is 12.9. The summed E-state index contributed by atoms with van der Waals surface area (Å²) in [6, 6.07) is 13.8. The van der Waals surface area contributed by atoms with E-state index >= 15 is 0 Å². The average molecular weight is 608 g/mol. The van der Waals surface area contributed by atoms with Crippen molar-refractivity contribution in [3.63, 3.8) is 0 Å². The van der Waals surface area contributed by atoms with Crippen molar-refractivity contribution >= 4 is 23.1 Å². The van der Waals surface area contributed by atoms with Crippen LogP contribution in [0.5, 0.6) is 0 Å². The first kappa shape index (κ1) is 32.1. The van der Waals surface area contributed by atoms with Gasteiger partial charge in [0.2, 0.25) is 0 Å². The van der Waals surface area contributed by atoms with Crippen molar-refractivity contribution in [2.75, 3.05) is 18.0 Å². The summed E-state index contributed by atoms with van der Waals surface area (Å²) < 4.78 is 1.99. The molecular weight excluding hydrogens is 562 g/mol. The van der Waals surface area contributed by atoms with Gasteiger partial charge in [-0.3, -0.25) is 4.79 Å². The Labute approximate surface area is 266 Å². The Morgan fingerprint density at radius 2 is 1.82 bits per heavy atom. The molecule has 1 saturated carbocycles. The smallest absolute Gasteiger partial charge is 0.306 e. The van der Waals surface area contributed by atoms with Gasteiger partial charge in [0.05, 0.1) is 34.8 Å². The highest BCUT2D eigenvalue weighted by Crippen LogP contribution is 2.52.